The van der Waals surface area contributed by atoms with Gasteiger partial charge in [-0.3, -0.25) is 0 Å². The van der Waals surface area contributed by atoms with Crippen molar-refractivity contribution in [3.8, 4) is 33.4 Å². The number of hydrogen-bond acceptors (Lipinski definition) is 2. The van der Waals surface area contributed by atoms with Gasteiger partial charge in [-0.05, 0) is 116 Å². The van der Waals surface area contributed by atoms with Crippen LogP contribution in [0.5, 0.6) is 0 Å². The molecule has 0 saturated carbocycles. The van der Waals surface area contributed by atoms with Gasteiger partial charge in [0.25, 0.3) is 0 Å². The van der Waals surface area contributed by atoms with E-state index < -0.39 is 0 Å². The summed E-state index contributed by atoms with van der Waals surface area (Å²) in [5.74, 6) is 0. The molecular weight excluding hydrogens is 631 g/mol. The van der Waals surface area contributed by atoms with E-state index in [0.717, 1.165) is 50.3 Å². The molecule has 2 nitrogen and oxygen atoms in total. The molecule has 52 heavy (non-hydrogen) atoms. The minimum absolute atomic E-state index is 0.241. The zero-order chi connectivity index (χ0) is 37.0. The molecule has 0 unspecified atom stereocenters. The molecule has 0 aliphatic rings. The van der Waals surface area contributed by atoms with Crippen LogP contribution in [-0.2, 0) is 0 Å². The minimum atomic E-state index is 0.241. The molecule has 2 heteroatoms. The Labute approximate surface area is 306 Å². The van der Waals surface area contributed by atoms with Gasteiger partial charge in [0.15, 0.2) is 0 Å². The van der Waals surface area contributed by atoms with E-state index in [9.17, 15) is 0 Å². The lowest BCUT2D eigenvalue weighted by Gasteiger charge is -2.26. The fourth-order valence-electron chi connectivity index (χ4n) is 7.35. The highest BCUT2D eigenvalue weighted by Crippen LogP contribution is 2.40. The van der Waals surface area contributed by atoms with Gasteiger partial charge in [0, 0.05) is 27.8 Å². The summed E-state index contributed by atoms with van der Waals surface area (Å²) in [4.78, 5) is 2.28. The Kier molecular flexibility index (Phi) is 6.44. The smallest absolute Gasteiger partial charge is 0.136 e. The summed E-state index contributed by atoms with van der Waals surface area (Å²) in [6, 6.07) is 63.3. The number of fused-ring (bicyclic) bond motifs is 6. The summed E-state index contributed by atoms with van der Waals surface area (Å²) in [5, 5.41) is 5.21. The average molecular weight is 667 g/mol. The van der Waals surface area contributed by atoms with Crippen LogP contribution in [0.3, 0.4) is 0 Å². The highest BCUT2D eigenvalue weighted by atomic mass is 16.3. The number of nitrogens with zero attached hydrogens (tertiary/aromatic N) is 1. The second kappa shape index (κ2) is 12.5. The Bertz CT molecular complexity index is 3060. The summed E-state index contributed by atoms with van der Waals surface area (Å²) in [7, 11) is 0. The Morgan fingerprint density at radius 2 is 0.962 bits per heavy atom. The summed E-state index contributed by atoms with van der Waals surface area (Å²) < 4.78 is 32.6. The van der Waals surface area contributed by atoms with Crippen molar-refractivity contribution in [2.75, 3.05) is 4.90 Å². The summed E-state index contributed by atoms with van der Waals surface area (Å²) in [6.07, 6.45) is 0. The Hall–Kier alpha value is -6.90. The fraction of sp³-hybridized carbons (Fsp3) is 0. The highest BCUT2D eigenvalue weighted by molar-refractivity contribution is 6.19. The van der Waals surface area contributed by atoms with Crippen molar-refractivity contribution in [2.45, 2.75) is 0 Å². The van der Waals surface area contributed by atoms with Crippen molar-refractivity contribution in [1.82, 2.24) is 0 Å². The Morgan fingerprint density at radius 1 is 0.346 bits per heavy atom. The molecule has 10 aromatic rings. The van der Waals surface area contributed by atoms with E-state index in [-0.39, 0.29) is 6.04 Å². The lowest BCUT2D eigenvalue weighted by molar-refractivity contribution is 0.669. The lowest BCUT2D eigenvalue weighted by atomic mass is 9.98. The first-order valence-electron chi connectivity index (χ1n) is 19.0. The molecule has 0 N–H and O–H groups in total. The minimum Gasteiger partial charge on any atom is -0.456 e. The first-order valence-corrected chi connectivity index (χ1v) is 17.5. The zero-order valence-electron chi connectivity index (χ0n) is 31.2. The highest BCUT2D eigenvalue weighted by Gasteiger charge is 2.16. The van der Waals surface area contributed by atoms with Gasteiger partial charge in [-0.1, -0.05) is 139 Å². The van der Waals surface area contributed by atoms with Gasteiger partial charge in [0.05, 0.1) is 4.11 Å². The lowest BCUT2D eigenvalue weighted by Crippen LogP contribution is -2.10. The number of anilines is 3. The molecule has 9 aromatic carbocycles. The monoisotopic (exact) mass is 666 g/mol. The Balaban J connectivity index is 1.07. The van der Waals surface area contributed by atoms with Crippen LogP contribution in [0.1, 0.15) is 4.11 Å². The first-order chi connectivity index (χ1) is 27.0. The molecular formula is C50H33NO. The number of rotatable bonds is 6. The Morgan fingerprint density at radius 3 is 1.77 bits per heavy atom. The van der Waals surface area contributed by atoms with Gasteiger partial charge >= 0.3 is 0 Å². The maximum atomic E-state index is 9.17. The molecule has 0 radical (unpaired) electrons. The van der Waals surface area contributed by atoms with Crippen LogP contribution in [-0.4, -0.2) is 0 Å². The SMILES string of the molecule is [2H]c1cc2cc(-c3ccc(N(c4ccc(-c5ccccc5)cc4)c4cccc(-c5ccc6ccccc6c5)c4)cc3)cc([2H])c2c2c1oc1cccc([2H])c12. The second-order valence-electron chi connectivity index (χ2n) is 13.1. The predicted molar refractivity (Wildman–Crippen MR) is 220 cm³/mol. The van der Waals surface area contributed by atoms with Gasteiger partial charge in [-0.2, -0.15) is 0 Å². The number of furan rings is 1. The van der Waals surface area contributed by atoms with Crippen LogP contribution in [0.15, 0.2) is 205 Å². The second-order valence-corrected chi connectivity index (χ2v) is 13.1. The van der Waals surface area contributed by atoms with E-state index in [1.165, 1.54) is 16.3 Å². The number of hydrogen-bond donors (Lipinski definition) is 0. The van der Waals surface area contributed by atoms with Crippen LogP contribution in [0.25, 0.3) is 76.9 Å². The zero-order valence-corrected chi connectivity index (χ0v) is 28.2. The van der Waals surface area contributed by atoms with E-state index in [1.807, 2.05) is 24.3 Å². The van der Waals surface area contributed by atoms with E-state index in [2.05, 4.69) is 144 Å². The predicted octanol–water partition coefficient (Wildman–Crippen LogP) is 14.4. The van der Waals surface area contributed by atoms with Gasteiger partial charge in [-0.25, -0.2) is 0 Å². The van der Waals surface area contributed by atoms with Crippen molar-refractivity contribution in [1.29, 1.82) is 0 Å². The third-order valence-corrected chi connectivity index (χ3v) is 9.97. The van der Waals surface area contributed by atoms with Crippen LogP contribution in [0.4, 0.5) is 17.1 Å². The molecule has 0 amide bonds. The summed E-state index contributed by atoms with van der Waals surface area (Å²) in [6.45, 7) is 0. The standard InChI is InChI=1S/C50H33NO/c1-2-9-34(10-3-1)36-19-25-43(26-20-36)51(45-14-8-13-39(33-45)41-18-17-35-11-4-5-12-38(35)31-41)44-27-21-37(22-28-44)40-23-29-46-42(32-40)24-30-49-50(46)47-15-6-7-16-48(47)52-49/h1-33H/i15D,29D,30D. The van der Waals surface area contributed by atoms with Crippen LogP contribution in [0, 0.1) is 0 Å². The molecule has 1 heterocycles. The van der Waals surface area contributed by atoms with E-state index in [4.69, 9.17) is 8.53 Å². The molecule has 244 valence electrons. The van der Waals surface area contributed by atoms with Crippen LogP contribution < -0.4 is 4.90 Å². The summed E-state index contributed by atoms with van der Waals surface area (Å²) >= 11 is 0. The maximum Gasteiger partial charge on any atom is 0.136 e. The van der Waals surface area contributed by atoms with E-state index >= 15 is 0 Å². The normalized spacial score (nSPS) is 12.3. The molecule has 0 spiro atoms. The van der Waals surface area contributed by atoms with E-state index in [1.54, 1.807) is 18.2 Å². The first kappa shape index (κ1) is 26.9. The van der Waals surface area contributed by atoms with Crippen molar-refractivity contribution in [3.63, 3.8) is 0 Å². The van der Waals surface area contributed by atoms with Crippen LogP contribution >= 0.6 is 0 Å². The van der Waals surface area contributed by atoms with Crippen molar-refractivity contribution in [3.05, 3.63) is 200 Å². The third-order valence-electron chi connectivity index (χ3n) is 9.97. The van der Waals surface area contributed by atoms with Crippen molar-refractivity contribution >= 4 is 60.5 Å². The topological polar surface area (TPSA) is 16.4 Å². The number of para-hydroxylation sites is 1. The quantitative estimate of drug-likeness (QED) is 0.176. The molecule has 0 fully saturated rings. The third kappa shape index (κ3) is 5.30. The van der Waals surface area contributed by atoms with Gasteiger partial charge < -0.3 is 9.32 Å². The molecule has 0 aliphatic heterocycles. The largest absolute Gasteiger partial charge is 0.456 e. The van der Waals surface area contributed by atoms with E-state index in [0.29, 0.717) is 39.4 Å². The van der Waals surface area contributed by atoms with Gasteiger partial charge in [0.1, 0.15) is 11.2 Å². The summed E-state index contributed by atoms with van der Waals surface area (Å²) in [5.41, 5.74) is 10.5. The molecule has 0 atom stereocenters. The molecule has 0 aliphatic carbocycles. The molecule has 10 rings (SSSR count). The van der Waals surface area contributed by atoms with Gasteiger partial charge in [0.2, 0.25) is 0 Å². The fourth-order valence-corrected chi connectivity index (χ4v) is 7.35. The van der Waals surface area contributed by atoms with Crippen molar-refractivity contribution < 1.29 is 8.53 Å². The average Bonchev–Trinajstić information content (AvgIpc) is 3.63. The molecule has 0 bridgehead atoms. The molecule has 1 aromatic heterocycles. The van der Waals surface area contributed by atoms with Gasteiger partial charge in [-0.15, -0.1) is 0 Å². The van der Waals surface area contributed by atoms with Crippen molar-refractivity contribution in [2.24, 2.45) is 0 Å². The number of benzene rings is 9. The van der Waals surface area contributed by atoms with Crippen LogP contribution in [0.2, 0.25) is 0 Å². The molecule has 0 saturated heterocycles. The maximum absolute atomic E-state index is 9.17.